The van der Waals surface area contributed by atoms with Crippen molar-refractivity contribution in [2.24, 2.45) is 0 Å². The molecule has 136 valence electrons. The van der Waals surface area contributed by atoms with E-state index in [2.05, 4.69) is 16.0 Å². The zero-order valence-corrected chi connectivity index (χ0v) is 14.3. The average molecular weight is 339 g/mol. The molecule has 1 aliphatic carbocycles. The van der Waals surface area contributed by atoms with Crippen LogP contribution in [0.2, 0.25) is 0 Å². The normalized spacial score (nSPS) is 16.5. The van der Waals surface area contributed by atoms with E-state index in [1.165, 1.54) is 6.42 Å². The van der Waals surface area contributed by atoms with E-state index in [0.29, 0.717) is 13.0 Å². The first-order valence-electron chi connectivity index (χ1n) is 8.70. The van der Waals surface area contributed by atoms with Crippen LogP contribution in [0.15, 0.2) is 12.2 Å². The number of carbonyl (C=O) groups excluding carboxylic acids is 2. The van der Waals surface area contributed by atoms with Crippen molar-refractivity contribution in [2.45, 2.75) is 70.4 Å². The third kappa shape index (κ3) is 8.55. The van der Waals surface area contributed by atoms with Gasteiger partial charge in [0.25, 0.3) is 0 Å². The number of rotatable bonds is 9. The van der Waals surface area contributed by atoms with E-state index in [9.17, 15) is 14.4 Å². The summed E-state index contributed by atoms with van der Waals surface area (Å²) in [6.45, 7) is 2.18. The SMILES string of the molecule is C/C=C/CC(NC(=O)CCCNC(=O)NC1CCCCC1)C(=O)O. The summed E-state index contributed by atoms with van der Waals surface area (Å²) in [5.74, 6) is -1.37. The monoisotopic (exact) mass is 339 g/mol. The van der Waals surface area contributed by atoms with Crippen molar-refractivity contribution in [1.82, 2.24) is 16.0 Å². The number of carboxylic acid groups (broad SMARTS) is 1. The Morgan fingerprint density at radius 3 is 2.54 bits per heavy atom. The number of nitrogens with one attached hydrogen (secondary N) is 3. The second kappa shape index (κ2) is 11.5. The van der Waals surface area contributed by atoms with Crippen LogP contribution in [0, 0.1) is 0 Å². The average Bonchev–Trinajstić information content (AvgIpc) is 2.56. The lowest BCUT2D eigenvalue weighted by Gasteiger charge is -2.22. The second-order valence-electron chi connectivity index (χ2n) is 6.10. The van der Waals surface area contributed by atoms with Crippen molar-refractivity contribution in [3.05, 3.63) is 12.2 Å². The molecule has 1 rings (SSSR count). The van der Waals surface area contributed by atoms with Gasteiger partial charge in [-0.15, -0.1) is 0 Å². The van der Waals surface area contributed by atoms with Gasteiger partial charge in [-0.3, -0.25) is 4.79 Å². The lowest BCUT2D eigenvalue weighted by molar-refractivity contribution is -0.141. The van der Waals surface area contributed by atoms with E-state index in [1.54, 1.807) is 19.1 Å². The van der Waals surface area contributed by atoms with E-state index in [4.69, 9.17) is 5.11 Å². The Balaban J connectivity index is 2.15. The molecule has 0 aromatic heterocycles. The number of urea groups is 1. The van der Waals surface area contributed by atoms with E-state index >= 15 is 0 Å². The van der Waals surface area contributed by atoms with Crippen LogP contribution in [-0.2, 0) is 9.59 Å². The van der Waals surface area contributed by atoms with Gasteiger partial charge in [0.1, 0.15) is 6.04 Å². The quantitative estimate of drug-likeness (QED) is 0.380. The van der Waals surface area contributed by atoms with E-state index in [-0.39, 0.29) is 30.8 Å². The van der Waals surface area contributed by atoms with Gasteiger partial charge in [-0.1, -0.05) is 31.4 Å². The molecule has 7 heteroatoms. The number of hydrogen-bond donors (Lipinski definition) is 4. The summed E-state index contributed by atoms with van der Waals surface area (Å²) in [7, 11) is 0. The van der Waals surface area contributed by atoms with Gasteiger partial charge in [-0.2, -0.15) is 0 Å². The van der Waals surface area contributed by atoms with Crippen LogP contribution in [-0.4, -0.2) is 41.6 Å². The lowest BCUT2D eigenvalue weighted by Crippen LogP contribution is -2.43. The molecular weight excluding hydrogens is 310 g/mol. The summed E-state index contributed by atoms with van der Waals surface area (Å²) in [6.07, 6.45) is 9.97. The van der Waals surface area contributed by atoms with Crippen LogP contribution in [0.1, 0.15) is 58.3 Å². The van der Waals surface area contributed by atoms with Crippen molar-refractivity contribution >= 4 is 17.9 Å². The first-order valence-corrected chi connectivity index (χ1v) is 8.70. The van der Waals surface area contributed by atoms with E-state index in [1.807, 2.05) is 0 Å². The molecule has 0 spiro atoms. The smallest absolute Gasteiger partial charge is 0.326 e. The van der Waals surface area contributed by atoms with Crippen LogP contribution in [0.5, 0.6) is 0 Å². The lowest BCUT2D eigenvalue weighted by atomic mass is 9.96. The molecule has 0 heterocycles. The van der Waals surface area contributed by atoms with Gasteiger partial charge in [0.15, 0.2) is 0 Å². The molecule has 24 heavy (non-hydrogen) atoms. The van der Waals surface area contributed by atoms with Gasteiger partial charge in [-0.25, -0.2) is 9.59 Å². The van der Waals surface area contributed by atoms with Crippen LogP contribution in [0.3, 0.4) is 0 Å². The Hall–Kier alpha value is -2.05. The summed E-state index contributed by atoms with van der Waals surface area (Å²) in [5.41, 5.74) is 0. The Kier molecular flexibility index (Phi) is 9.56. The van der Waals surface area contributed by atoms with Gasteiger partial charge < -0.3 is 21.1 Å². The third-order valence-corrected chi connectivity index (χ3v) is 4.05. The van der Waals surface area contributed by atoms with Crippen molar-refractivity contribution in [3.63, 3.8) is 0 Å². The fourth-order valence-electron chi connectivity index (χ4n) is 2.69. The molecule has 0 saturated heterocycles. The van der Waals surface area contributed by atoms with Crippen molar-refractivity contribution in [2.75, 3.05) is 6.54 Å². The molecule has 4 N–H and O–H groups in total. The molecule has 0 aliphatic heterocycles. The number of aliphatic carboxylic acids is 1. The van der Waals surface area contributed by atoms with Gasteiger partial charge in [0.2, 0.25) is 5.91 Å². The van der Waals surface area contributed by atoms with Crippen LogP contribution < -0.4 is 16.0 Å². The number of carboxylic acids is 1. The van der Waals surface area contributed by atoms with Gasteiger partial charge >= 0.3 is 12.0 Å². The molecule has 1 unspecified atom stereocenters. The molecule has 1 aliphatic rings. The largest absolute Gasteiger partial charge is 0.480 e. The third-order valence-electron chi connectivity index (χ3n) is 4.05. The van der Waals surface area contributed by atoms with E-state index in [0.717, 1.165) is 25.7 Å². The highest BCUT2D eigenvalue weighted by atomic mass is 16.4. The molecule has 1 fully saturated rings. The van der Waals surface area contributed by atoms with E-state index < -0.39 is 12.0 Å². The molecule has 0 aromatic carbocycles. The predicted octanol–water partition coefficient (Wildman–Crippen LogP) is 1.93. The Morgan fingerprint density at radius 1 is 1.21 bits per heavy atom. The Labute approximate surface area is 143 Å². The molecule has 0 aromatic rings. The first kappa shape index (κ1) is 20.0. The maximum Gasteiger partial charge on any atom is 0.326 e. The molecule has 1 atom stereocenters. The maximum atomic E-state index is 11.8. The minimum Gasteiger partial charge on any atom is -0.480 e. The van der Waals surface area contributed by atoms with Crippen LogP contribution in [0.25, 0.3) is 0 Å². The minimum absolute atomic E-state index is 0.184. The summed E-state index contributed by atoms with van der Waals surface area (Å²) in [5, 5.41) is 17.2. The van der Waals surface area contributed by atoms with Crippen LogP contribution >= 0.6 is 0 Å². The Morgan fingerprint density at radius 2 is 1.92 bits per heavy atom. The number of allylic oxidation sites excluding steroid dienone is 1. The van der Waals surface area contributed by atoms with Gasteiger partial charge in [-0.05, 0) is 32.6 Å². The van der Waals surface area contributed by atoms with Crippen molar-refractivity contribution < 1.29 is 19.5 Å². The van der Waals surface area contributed by atoms with Crippen molar-refractivity contribution in [3.8, 4) is 0 Å². The maximum absolute atomic E-state index is 11.8. The summed E-state index contributed by atoms with van der Waals surface area (Å²) < 4.78 is 0. The highest BCUT2D eigenvalue weighted by molar-refractivity contribution is 5.83. The summed E-state index contributed by atoms with van der Waals surface area (Å²) in [4.78, 5) is 34.5. The number of hydrogen-bond acceptors (Lipinski definition) is 3. The topological polar surface area (TPSA) is 108 Å². The summed E-state index contributed by atoms with van der Waals surface area (Å²) >= 11 is 0. The standard InChI is InChI=1S/C17H29N3O4/c1-2-3-10-14(16(22)23)20-15(21)11-7-12-18-17(24)19-13-8-5-4-6-9-13/h2-3,13-14H,4-12H2,1H3,(H,20,21)(H,22,23)(H2,18,19,24)/b3-2+. The minimum atomic E-state index is -1.05. The van der Waals surface area contributed by atoms with Gasteiger partial charge in [0, 0.05) is 19.0 Å². The predicted molar refractivity (Wildman–Crippen MR) is 91.6 cm³/mol. The highest BCUT2D eigenvalue weighted by Gasteiger charge is 2.18. The first-order chi connectivity index (χ1) is 11.5. The molecule has 0 radical (unpaired) electrons. The fourth-order valence-corrected chi connectivity index (χ4v) is 2.69. The fraction of sp³-hybridized carbons (Fsp3) is 0.706. The molecular formula is C17H29N3O4. The highest BCUT2D eigenvalue weighted by Crippen LogP contribution is 2.17. The second-order valence-corrected chi connectivity index (χ2v) is 6.10. The van der Waals surface area contributed by atoms with Gasteiger partial charge in [0.05, 0.1) is 0 Å². The zero-order chi connectivity index (χ0) is 17.8. The number of carbonyl (C=O) groups is 3. The molecule has 3 amide bonds. The van der Waals surface area contributed by atoms with Crippen LogP contribution in [0.4, 0.5) is 4.79 Å². The molecule has 1 saturated carbocycles. The Bertz CT molecular complexity index is 445. The van der Waals surface area contributed by atoms with Crippen molar-refractivity contribution in [1.29, 1.82) is 0 Å². The zero-order valence-electron chi connectivity index (χ0n) is 14.3. The molecule has 7 nitrogen and oxygen atoms in total. The molecule has 0 bridgehead atoms. The number of amides is 3. The summed E-state index contributed by atoms with van der Waals surface area (Å²) in [6, 6.07) is -0.847.